The van der Waals surface area contributed by atoms with Crippen LogP contribution in [0.2, 0.25) is 0 Å². The van der Waals surface area contributed by atoms with Gasteiger partial charge in [-0.3, -0.25) is 0 Å². The number of nitrogens with two attached hydrogens (primary N) is 1. The van der Waals surface area contributed by atoms with Crippen molar-refractivity contribution in [2.24, 2.45) is 0 Å². The van der Waals surface area contributed by atoms with Crippen LogP contribution in [-0.2, 0) is 4.74 Å². The number of halogens is 2. The minimum Gasteiger partial charge on any atom is -0.444 e. The average Bonchev–Trinajstić information content (AvgIpc) is 2.82. The lowest BCUT2D eigenvalue weighted by molar-refractivity contribution is 0.0293. The number of carbonyl (C=O) groups excluding carboxylic acids is 1. The average molecular weight is 374 g/mol. The molecule has 1 heterocycles. The number of carbonyl (C=O) groups is 1. The minimum absolute atomic E-state index is 0.0622. The molecule has 2 rings (SSSR count). The quantitative estimate of drug-likeness (QED) is 0.777. The van der Waals surface area contributed by atoms with E-state index in [2.05, 4.69) is 21.2 Å². The van der Waals surface area contributed by atoms with Gasteiger partial charge in [0, 0.05) is 25.2 Å². The van der Waals surface area contributed by atoms with Crippen LogP contribution in [0.4, 0.5) is 20.6 Å². The van der Waals surface area contributed by atoms with E-state index in [1.54, 1.807) is 11.0 Å². The van der Waals surface area contributed by atoms with Crippen molar-refractivity contribution < 1.29 is 13.9 Å². The van der Waals surface area contributed by atoms with Crippen molar-refractivity contribution in [1.82, 2.24) is 4.90 Å². The summed E-state index contributed by atoms with van der Waals surface area (Å²) in [6.07, 6.45) is 0.471. The van der Waals surface area contributed by atoms with Crippen LogP contribution in [0, 0.1) is 5.82 Å². The van der Waals surface area contributed by atoms with Gasteiger partial charge in [-0.15, -0.1) is 0 Å². The number of nitrogen functional groups attached to an aromatic ring is 1. The first kappa shape index (κ1) is 16.9. The standard InChI is InChI=1S/C15H21BrFN3O2/c1-15(2,3)22-14(21)20-5-4-9(8-20)19-13-6-10(16)11(17)7-12(13)18/h6-7,9,19H,4-5,8,18H2,1-3H3/t9-/m1/s1. The van der Waals surface area contributed by atoms with Gasteiger partial charge in [-0.25, -0.2) is 9.18 Å². The van der Waals surface area contributed by atoms with E-state index in [1.165, 1.54) is 6.07 Å². The fourth-order valence-corrected chi connectivity index (χ4v) is 2.62. The Hall–Kier alpha value is -1.50. The molecule has 1 aliphatic heterocycles. The number of hydrogen-bond donors (Lipinski definition) is 2. The van der Waals surface area contributed by atoms with E-state index in [1.807, 2.05) is 20.8 Å². The van der Waals surface area contributed by atoms with E-state index >= 15 is 0 Å². The molecule has 1 atom stereocenters. The zero-order valence-corrected chi connectivity index (χ0v) is 14.5. The summed E-state index contributed by atoms with van der Waals surface area (Å²) in [5.74, 6) is -0.398. The first-order valence-electron chi connectivity index (χ1n) is 7.14. The maximum atomic E-state index is 13.4. The van der Waals surface area contributed by atoms with Crippen LogP contribution < -0.4 is 11.1 Å². The predicted molar refractivity (Wildman–Crippen MR) is 88.3 cm³/mol. The Balaban J connectivity index is 1.97. The van der Waals surface area contributed by atoms with E-state index < -0.39 is 11.4 Å². The fraction of sp³-hybridized carbons (Fsp3) is 0.533. The van der Waals surface area contributed by atoms with E-state index in [-0.39, 0.29) is 12.1 Å². The highest BCUT2D eigenvalue weighted by atomic mass is 79.9. The molecule has 0 spiro atoms. The van der Waals surface area contributed by atoms with Gasteiger partial charge in [0.1, 0.15) is 11.4 Å². The molecule has 5 nitrogen and oxygen atoms in total. The highest BCUT2D eigenvalue weighted by Crippen LogP contribution is 2.28. The molecule has 0 aromatic heterocycles. The number of benzene rings is 1. The first-order chi connectivity index (χ1) is 10.2. The third-order valence-electron chi connectivity index (χ3n) is 3.29. The van der Waals surface area contributed by atoms with Crippen LogP contribution in [0.25, 0.3) is 0 Å². The van der Waals surface area contributed by atoms with Gasteiger partial charge in [0.15, 0.2) is 0 Å². The summed E-state index contributed by atoms with van der Waals surface area (Å²) < 4.78 is 19.1. The van der Waals surface area contributed by atoms with Gasteiger partial charge in [0.2, 0.25) is 0 Å². The lowest BCUT2D eigenvalue weighted by Gasteiger charge is -2.24. The summed E-state index contributed by atoms with van der Waals surface area (Å²) in [6.45, 7) is 6.67. The molecule has 0 bridgehead atoms. The number of anilines is 2. The Kier molecular flexibility index (Phi) is 4.84. The number of ether oxygens (including phenoxy) is 1. The number of nitrogens with one attached hydrogen (secondary N) is 1. The molecule has 1 aliphatic rings. The third-order valence-corrected chi connectivity index (χ3v) is 3.90. The van der Waals surface area contributed by atoms with Crippen LogP contribution in [0.15, 0.2) is 16.6 Å². The highest BCUT2D eigenvalue weighted by molar-refractivity contribution is 9.10. The van der Waals surface area contributed by atoms with Crippen molar-refractivity contribution in [1.29, 1.82) is 0 Å². The van der Waals surface area contributed by atoms with Gasteiger partial charge in [-0.05, 0) is 49.2 Å². The van der Waals surface area contributed by atoms with Gasteiger partial charge in [0.05, 0.1) is 15.8 Å². The molecule has 1 amide bonds. The molecule has 0 radical (unpaired) electrons. The second-order valence-electron chi connectivity index (χ2n) is 6.41. The number of likely N-dealkylation sites (tertiary alicyclic amines) is 1. The molecule has 0 saturated carbocycles. The number of hydrogen-bond acceptors (Lipinski definition) is 4. The van der Waals surface area contributed by atoms with Crippen LogP contribution >= 0.6 is 15.9 Å². The van der Waals surface area contributed by atoms with Crippen molar-refractivity contribution in [3.05, 3.63) is 22.4 Å². The van der Waals surface area contributed by atoms with Crippen molar-refractivity contribution in [2.45, 2.75) is 38.8 Å². The van der Waals surface area contributed by atoms with Gasteiger partial charge >= 0.3 is 6.09 Å². The topological polar surface area (TPSA) is 67.6 Å². The van der Waals surface area contributed by atoms with Crippen molar-refractivity contribution in [2.75, 3.05) is 24.1 Å². The van der Waals surface area contributed by atoms with Crippen molar-refractivity contribution >= 4 is 33.4 Å². The third kappa shape index (κ3) is 4.25. The van der Waals surface area contributed by atoms with Gasteiger partial charge in [0.25, 0.3) is 0 Å². The highest BCUT2D eigenvalue weighted by Gasteiger charge is 2.30. The largest absolute Gasteiger partial charge is 0.444 e. The van der Waals surface area contributed by atoms with Crippen molar-refractivity contribution in [3.63, 3.8) is 0 Å². The summed E-state index contributed by atoms with van der Waals surface area (Å²) in [5, 5.41) is 3.25. The maximum Gasteiger partial charge on any atom is 0.410 e. The first-order valence-corrected chi connectivity index (χ1v) is 7.94. The van der Waals surface area contributed by atoms with Crippen LogP contribution in [-0.4, -0.2) is 35.7 Å². The SMILES string of the molecule is CC(C)(C)OC(=O)N1CC[C@@H](Nc2cc(Br)c(F)cc2N)C1. The van der Waals surface area contributed by atoms with E-state index in [4.69, 9.17) is 10.5 Å². The zero-order chi connectivity index (χ0) is 16.5. The minimum atomic E-state index is -0.505. The second kappa shape index (κ2) is 6.32. The number of rotatable bonds is 2. The van der Waals surface area contributed by atoms with Crippen molar-refractivity contribution in [3.8, 4) is 0 Å². The van der Waals surface area contributed by atoms with E-state index in [0.717, 1.165) is 6.42 Å². The monoisotopic (exact) mass is 373 g/mol. The molecular formula is C15H21BrFN3O2. The predicted octanol–water partition coefficient (Wildman–Crippen LogP) is 3.59. The zero-order valence-electron chi connectivity index (χ0n) is 13.0. The maximum absolute atomic E-state index is 13.4. The molecule has 3 N–H and O–H groups in total. The molecule has 22 heavy (non-hydrogen) atoms. The molecule has 1 aromatic rings. The van der Waals surface area contributed by atoms with Crippen LogP contribution in [0.3, 0.4) is 0 Å². The summed E-state index contributed by atoms with van der Waals surface area (Å²) in [4.78, 5) is 13.7. The second-order valence-corrected chi connectivity index (χ2v) is 7.26. The molecule has 0 unspecified atom stereocenters. The molecule has 1 aromatic carbocycles. The van der Waals surface area contributed by atoms with Crippen LogP contribution in [0.5, 0.6) is 0 Å². The summed E-state index contributed by atoms with van der Waals surface area (Å²) >= 11 is 3.14. The van der Waals surface area contributed by atoms with E-state index in [0.29, 0.717) is 28.9 Å². The molecular weight excluding hydrogens is 353 g/mol. The van der Waals surface area contributed by atoms with E-state index in [9.17, 15) is 9.18 Å². The molecule has 122 valence electrons. The number of amides is 1. The molecule has 1 fully saturated rings. The van der Waals surface area contributed by atoms with Gasteiger partial charge in [-0.1, -0.05) is 0 Å². The Morgan fingerprint density at radius 1 is 1.50 bits per heavy atom. The fourth-order valence-electron chi connectivity index (χ4n) is 2.28. The lowest BCUT2D eigenvalue weighted by atomic mass is 10.2. The summed E-state index contributed by atoms with van der Waals surface area (Å²) in [5.41, 5.74) is 6.31. The Bertz CT molecular complexity index is 575. The summed E-state index contributed by atoms with van der Waals surface area (Å²) in [7, 11) is 0. The Morgan fingerprint density at radius 2 is 2.18 bits per heavy atom. The lowest BCUT2D eigenvalue weighted by Crippen LogP contribution is -2.36. The van der Waals surface area contributed by atoms with Crippen LogP contribution in [0.1, 0.15) is 27.2 Å². The summed E-state index contributed by atoms with van der Waals surface area (Å²) in [6, 6.07) is 2.94. The normalized spacial score (nSPS) is 18.4. The van der Waals surface area contributed by atoms with Gasteiger partial charge in [-0.2, -0.15) is 0 Å². The number of nitrogens with zero attached hydrogens (tertiary/aromatic N) is 1. The molecule has 0 aliphatic carbocycles. The molecule has 1 saturated heterocycles. The smallest absolute Gasteiger partial charge is 0.410 e. The Morgan fingerprint density at radius 3 is 2.82 bits per heavy atom. The Labute approximate surface area is 138 Å². The molecule has 7 heteroatoms. The van der Waals surface area contributed by atoms with Gasteiger partial charge < -0.3 is 20.7 Å².